The van der Waals surface area contributed by atoms with Crippen LogP contribution >= 0.6 is 11.3 Å². The van der Waals surface area contributed by atoms with Gasteiger partial charge in [-0.05, 0) is 30.6 Å². The van der Waals surface area contributed by atoms with Crippen LogP contribution in [0, 0.1) is 11.8 Å². The number of ether oxygens (including phenoxy) is 1. The van der Waals surface area contributed by atoms with Crippen molar-refractivity contribution in [2.75, 3.05) is 13.6 Å². The van der Waals surface area contributed by atoms with E-state index in [1.807, 2.05) is 19.2 Å². The van der Waals surface area contributed by atoms with E-state index in [0.29, 0.717) is 0 Å². The normalized spacial score (nSPS) is 20.9. The highest BCUT2D eigenvalue weighted by atomic mass is 32.1. The summed E-state index contributed by atoms with van der Waals surface area (Å²) in [4.78, 5) is 1.34. The zero-order valence-electron chi connectivity index (χ0n) is 9.62. The largest absolute Gasteiger partial charge is 0.484 e. The molecule has 1 aromatic heterocycles. The average molecular weight is 243 g/mol. The Labute approximate surface area is 105 Å². The lowest BCUT2D eigenvalue weighted by Crippen LogP contribution is -2.22. The van der Waals surface area contributed by atoms with Gasteiger partial charge >= 0.3 is 0 Å². The maximum absolute atomic E-state index is 6.05. The molecule has 1 aliphatic carbocycles. The van der Waals surface area contributed by atoms with E-state index in [9.17, 15) is 0 Å². The maximum Gasteiger partial charge on any atom is 0.137 e. The molecule has 3 rings (SSSR count). The van der Waals surface area contributed by atoms with Gasteiger partial charge in [-0.15, -0.1) is 11.3 Å². The molecule has 2 heterocycles. The van der Waals surface area contributed by atoms with Crippen molar-refractivity contribution in [2.45, 2.75) is 12.5 Å². The Hall–Kier alpha value is -1.50. The molecule has 1 aliphatic heterocycles. The van der Waals surface area contributed by atoms with Crippen molar-refractivity contribution in [3.63, 3.8) is 0 Å². The summed E-state index contributed by atoms with van der Waals surface area (Å²) in [6.07, 6.45) is 4.75. The first kappa shape index (κ1) is 10.6. The second kappa shape index (κ2) is 4.40. The highest BCUT2D eigenvalue weighted by Crippen LogP contribution is 2.41. The molecular weight excluding hydrogens is 230 g/mol. The van der Waals surface area contributed by atoms with Gasteiger partial charge < -0.3 is 10.1 Å². The molecule has 0 aromatic carbocycles. The molecule has 1 atom stereocenters. The van der Waals surface area contributed by atoms with Gasteiger partial charge in [-0.3, -0.25) is 0 Å². The second-order valence-electron chi connectivity index (χ2n) is 4.04. The first-order valence-corrected chi connectivity index (χ1v) is 6.55. The van der Waals surface area contributed by atoms with Crippen LogP contribution < -0.4 is 5.32 Å². The number of allylic oxidation sites excluding steroid dienone is 3. The van der Waals surface area contributed by atoms with Gasteiger partial charge in [-0.2, -0.15) is 0 Å². The van der Waals surface area contributed by atoms with E-state index < -0.39 is 0 Å². The molecule has 2 nitrogen and oxygen atoms in total. The fourth-order valence-corrected chi connectivity index (χ4v) is 3.18. The van der Waals surface area contributed by atoms with Crippen molar-refractivity contribution in [3.05, 3.63) is 39.8 Å². The Bertz CT molecular complexity index is 556. The maximum atomic E-state index is 6.05. The molecular formula is C14H13NOS. The fraction of sp³-hybridized carbons (Fsp3) is 0.286. The van der Waals surface area contributed by atoms with E-state index in [1.54, 1.807) is 11.3 Å². The SMILES string of the molecule is CNCC1OC2=C(CC#CC=C2)c2sccc21. The molecule has 0 bridgehead atoms. The average Bonchev–Trinajstić information content (AvgIpc) is 2.70. The van der Waals surface area contributed by atoms with Crippen molar-refractivity contribution in [1.29, 1.82) is 0 Å². The third-order valence-electron chi connectivity index (χ3n) is 2.96. The van der Waals surface area contributed by atoms with Crippen LogP contribution in [0.25, 0.3) is 5.57 Å². The van der Waals surface area contributed by atoms with Gasteiger partial charge in [-0.25, -0.2) is 0 Å². The summed E-state index contributed by atoms with van der Waals surface area (Å²) < 4.78 is 6.05. The van der Waals surface area contributed by atoms with Crippen LogP contribution in [0.2, 0.25) is 0 Å². The Kier molecular flexibility index (Phi) is 2.76. The number of thiophene rings is 1. The number of likely N-dealkylation sites (N-methyl/N-ethyl adjacent to an activating group) is 1. The minimum Gasteiger partial charge on any atom is -0.484 e. The lowest BCUT2D eigenvalue weighted by atomic mass is 9.99. The predicted octanol–water partition coefficient (Wildman–Crippen LogP) is 2.71. The van der Waals surface area contributed by atoms with Gasteiger partial charge in [0.05, 0.1) is 0 Å². The Morgan fingerprint density at radius 2 is 2.53 bits per heavy atom. The van der Waals surface area contributed by atoms with Crippen LogP contribution in [-0.4, -0.2) is 13.6 Å². The minimum atomic E-state index is 0.114. The van der Waals surface area contributed by atoms with Crippen LogP contribution in [0.1, 0.15) is 23.0 Å². The molecule has 0 saturated heterocycles. The van der Waals surface area contributed by atoms with E-state index in [1.165, 1.54) is 16.0 Å². The number of hydrogen-bond acceptors (Lipinski definition) is 3. The van der Waals surface area contributed by atoms with Gasteiger partial charge in [0.25, 0.3) is 0 Å². The monoisotopic (exact) mass is 243 g/mol. The molecule has 1 aromatic rings. The van der Waals surface area contributed by atoms with Crippen LogP contribution in [0.3, 0.4) is 0 Å². The molecule has 17 heavy (non-hydrogen) atoms. The molecule has 0 fully saturated rings. The summed E-state index contributed by atoms with van der Waals surface area (Å²) in [6, 6.07) is 2.16. The Morgan fingerprint density at radius 3 is 3.41 bits per heavy atom. The number of nitrogens with one attached hydrogen (secondary N) is 1. The first-order chi connectivity index (χ1) is 8.40. The van der Waals surface area contributed by atoms with Crippen LogP contribution in [0.15, 0.2) is 29.4 Å². The highest BCUT2D eigenvalue weighted by Gasteiger charge is 2.27. The van der Waals surface area contributed by atoms with Crippen molar-refractivity contribution < 1.29 is 4.74 Å². The number of rotatable bonds is 2. The van der Waals surface area contributed by atoms with Gasteiger partial charge in [0.2, 0.25) is 0 Å². The molecule has 3 heteroatoms. The highest BCUT2D eigenvalue weighted by molar-refractivity contribution is 7.11. The molecule has 0 spiro atoms. The zero-order chi connectivity index (χ0) is 11.7. The zero-order valence-corrected chi connectivity index (χ0v) is 10.4. The third-order valence-corrected chi connectivity index (χ3v) is 3.95. The van der Waals surface area contributed by atoms with Crippen LogP contribution in [0.5, 0.6) is 0 Å². The van der Waals surface area contributed by atoms with Crippen LogP contribution in [-0.2, 0) is 4.74 Å². The second-order valence-corrected chi connectivity index (χ2v) is 4.96. The van der Waals surface area contributed by atoms with Gasteiger partial charge in [0, 0.05) is 29.0 Å². The molecule has 2 aliphatic rings. The van der Waals surface area contributed by atoms with Crippen molar-refractivity contribution in [3.8, 4) is 11.8 Å². The number of fused-ring (bicyclic) bond motifs is 2. The summed E-state index contributed by atoms with van der Waals surface area (Å²) in [5.74, 6) is 7.12. The van der Waals surface area contributed by atoms with Gasteiger partial charge in [0.15, 0.2) is 0 Å². The summed E-state index contributed by atoms with van der Waals surface area (Å²) in [5, 5.41) is 5.31. The molecule has 86 valence electrons. The Morgan fingerprint density at radius 1 is 1.59 bits per heavy atom. The quantitative estimate of drug-likeness (QED) is 0.806. The summed E-state index contributed by atoms with van der Waals surface area (Å²) in [7, 11) is 1.95. The molecule has 0 amide bonds. The fourth-order valence-electron chi connectivity index (χ4n) is 2.18. The topological polar surface area (TPSA) is 21.3 Å². The molecule has 1 unspecified atom stereocenters. The third kappa shape index (κ3) is 1.80. The molecule has 0 saturated carbocycles. The van der Waals surface area contributed by atoms with Crippen molar-refractivity contribution >= 4 is 16.9 Å². The van der Waals surface area contributed by atoms with E-state index >= 15 is 0 Å². The standard InChI is InChI=1S/C14H13NOS/c1-15-9-13-11-7-8-17-14(11)10-5-3-2-4-6-12(10)16-13/h4,6-8,13,15H,5,9H2,1H3. The van der Waals surface area contributed by atoms with Gasteiger partial charge in [0.1, 0.15) is 11.9 Å². The predicted molar refractivity (Wildman–Crippen MR) is 70.5 cm³/mol. The first-order valence-electron chi connectivity index (χ1n) is 5.67. The summed E-state index contributed by atoms with van der Waals surface area (Å²) >= 11 is 1.78. The molecule has 1 N–H and O–H groups in total. The smallest absolute Gasteiger partial charge is 0.137 e. The van der Waals surface area contributed by atoms with E-state index in [4.69, 9.17) is 4.74 Å². The Balaban J connectivity index is 2.07. The van der Waals surface area contributed by atoms with Gasteiger partial charge in [-0.1, -0.05) is 11.8 Å². The van der Waals surface area contributed by atoms with Crippen LogP contribution in [0.4, 0.5) is 0 Å². The van der Waals surface area contributed by atoms with E-state index in [0.717, 1.165) is 18.7 Å². The van der Waals surface area contributed by atoms with Crippen molar-refractivity contribution in [2.24, 2.45) is 0 Å². The lowest BCUT2D eigenvalue weighted by molar-refractivity contribution is 0.123. The lowest BCUT2D eigenvalue weighted by Gasteiger charge is -2.26. The van der Waals surface area contributed by atoms with E-state index in [2.05, 4.69) is 28.6 Å². The molecule has 0 radical (unpaired) electrons. The van der Waals surface area contributed by atoms with Crippen molar-refractivity contribution in [1.82, 2.24) is 5.32 Å². The summed E-state index contributed by atoms with van der Waals surface area (Å²) in [6.45, 7) is 0.829. The minimum absolute atomic E-state index is 0.114. The summed E-state index contributed by atoms with van der Waals surface area (Å²) in [5.41, 5.74) is 2.53. The van der Waals surface area contributed by atoms with E-state index in [-0.39, 0.29) is 6.10 Å². The number of hydrogen-bond donors (Lipinski definition) is 1.